The molecular weight excluding hydrogens is 306 g/mol. The summed E-state index contributed by atoms with van der Waals surface area (Å²) in [5, 5.41) is 10.3. The van der Waals surface area contributed by atoms with Crippen molar-refractivity contribution in [1.29, 1.82) is 0 Å². The van der Waals surface area contributed by atoms with E-state index in [2.05, 4.69) is 0 Å². The van der Waals surface area contributed by atoms with Crippen molar-refractivity contribution >= 4 is 11.7 Å². The first kappa shape index (κ1) is 17.2. The molecule has 1 aromatic rings. The Kier molecular flexibility index (Phi) is 3.91. The zero-order valence-electron chi connectivity index (χ0n) is 15.2. The number of hydrogen-bond donors (Lipinski definition) is 1. The molecule has 1 atom stereocenters. The molecule has 5 heteroatoms. The quantitative estimate of drug-likeness (QED) is 0.903. The van der Waals surface area contributed by atoms with Crippen molar-refractivity contribution in [3.63, 3.8) is 0 Å². The van der Waals surface area contributed by atoms with Gasteiger partial charge >= 0.3 is 0 Å². The Morgan fingerprint density at radius 1 is 1.33 bits per heavy atom. The normalized spacial score (nSPS) is 23.5. The number of amides is 1. The largest absolute Gasteiger partial charge is 0.455 e. The number of fused-ring (bicyclic) bond motifs is 1. The number of carbonyl (C=O) groups excluding carboxylic acids is 2. The third-order valence-corrected chi connectivity index (χ3v) is 5.30. The van der Waals surface area contributed by atoms with Crippen molar-refractivity contribution in [1.82, 2.24) is 4.90 Å². The van der Waals surface area contributed by atoms with Crippen molar-refractivity contribution < 1.29 is 19.1 Å². The van der Waals surface area contributed by atoms with Crippen LogP contribution in [0, 0.1) is 12.3 Å². The number of Topliss-reactive ketones (excluding diaryl/α,β-unsaturated/α-hetero) is 1. The van der Waals surface area contributed by atoms with Crippen LogP contribution in [0.25, 0.3) is 0 Å². The molecule has 0 bridgehead atoms. The van der Waals surface area contributed by atoms with Crippen LogP contribution in [-0.2, 0) is 6.42 Å². The predicted molar refractivity (Wildman–Crippen MR) is 90.2 cm³/mol. The summed E-state index contributed by atoms with van der Waals surface area (Å²) in [6, 6.07) is -0.223. The van der Waals surface area contributed by atoms with Crippen molar-refractivity contribution in [3.8, 4) is 0 Å². The summed E-state index contributed by atoms with van der Waals surface area (Å²) in [5.41, 5.74) is 0.149. The van der Waals surface area contributed by atoms with E-state index in [1.165, 1.54) is 0 Å². The lowest BCUT2D eigenvalue weighted by molar-refractivity contribution is -0.000869. The van der Waals surface area contributed by atoms with Gasteiger partial charge in [-0.05, 0) is 39.0 Å². The molecule has 1 aliphatic carbocycles. The molecule has 1 saturated heterocycles. The van der Waals surface area contributed by atoms with Gasteiger partial charge in [-0.2, -0.15) is 0 Å². The molecule has 0 aromatic carbocycles. The second-order valence-electron chi connectivity index (χ2n) is 8.61. The SMILES string of the molecule is Cc1c(C(=O)N2CCCC2C(C)(C)O)oc2c1C(=O)CC(C)(C)C2. The Labute approximate surface area is 143 Å². The van der Waals surface area contributed by atoms with Gasteiger partial charge in [0, 0.05) is 24.9 Å². The van der Waals surface area contributed by atoms with Gasteiger partial charge < -0.3 is 14.4 Å². The van der Waals surface area contributed by atoms with Gasteiger partial charge in [-0.1, -0.05) is 13.8 Å². The van der Waals surface area contributed by atoms with E-state index < -0.39 is 5.60 Å². The summed E-state index contributed by atoms with van der Waals surface area (Å²) in [6.45, 7) is 9.94. The molecule has 1 N–H and O–H groups in total. The average Bonchev–Trinajstić information content (AvgIpc) is 3.01. The van der Waals surface area contributed by atoms with Crippen molar-refractivity contribution in [3.05, 3.63) is 22.6 Å². The summed E-state index contributed by atoms with van der Waals surface area (Å²) in [7, 11) is 0. The van der Waals surface area contributed by atoms with Crippen LogP contribution in [0.5, 0.6) is 0 Å². The molecule has 0 saturated carbocycles. The van der Waals surface area contributed by atoms with Gasteiger partial charge in [-0.25, -0.2) is 0 Å². The fraction of sp³-hybridized carbons (Fsp3) is 0.684. The maximum atomic E-state index is 13.0. The van der Waals surface area contributed by atoms with E-state index >= 15 is 0 Å². The molecule has 1 fully saturated rings. The average molecular weight is 333 g/mol. The maximum absolute atomic E-state index is 13.0. The standard InChI is InChI=1S/C19H27NO4/c1-11-15-12(21)9-18(2,3)10-13(15)24-16(11)17(22)20-8-6-7-14(20)19(4,5)23/h14,23H,6-10H2,1-5H3. The third-order valence-electron chi connectivity index (χ3n) is 5.30. The van der Waals surface area contributed by atoms with Crippen LogP contribution in [0.2, 0.25) is 0 Å². The highest BCUT2D eigenvalue weighted by atomic mass is 16.4. The van der Waals surface area contributed by atoms with Crippen LogP contribution in [0.1, 0.15) is 79.2 Å². The molecule has 132 valence electrons. The Morgan fingerprint density at radius 3 is 2.62 bits per heavy atom. The minimum Gasteiger partial charge on any atom is -0.455 e. The first-order chi connectivity index (χ1) is 11.0. The smallest absolute Gasteiger partial charge is 0.290 e. The molecule has 24 heavy (non-hydrogen) atoms. The third kappa shape index (κ3) is 2.79. The number of carbonyl (C=O) groups is 2. The fourth-order valence-corrected chi connectivity index (χ4v) is 4.16. The molecular formula is C19H27NO4. The van der Waals surface area contributed by atoms with E-state index in [0.29, 0.717) is 36.3 Å². The zero-order valence-corrected chi connectivity index (χ0v) is 15.2. The molecule has 2 aliphatic rings. The topological polar surface area (TPSA) is 70.8 Å². The highest BCUT2D eigenvalue weighted by Crippen LogP contribution is 2.39. The fourth-order valence-electron chi connectivity index (χ4n) is 4.16. The predicted octanol–water partition coefficient (Wildman–Crippen LogP) is 3.12. The zero-order chi connectivity index (χ0) is 17.9. The molecule has 1 unspecified atom stereocenters. The van der Waals surface area contributed by atoms with Gasteiger partial charge in [0.2, 0.25) is 0 Å². The Balaban J connectivity index is 1.97. The lowest BCUT2D eigenvalue weighted by atomic mass is 9.76. The number of ketones is 1. The maximum Gasteiger partial charge on any atom is 0.290 e. The van der Waals surface area contributed by atoms with Crippen LogP contribution in [0.15, 0.2) is 4.42 Å². The molecule has 1 amide bonds. The van der Waals surface area contributed by atoms with Crippen molar-refractivity contribution in [2.24, 2.45) is 5.41 Å². The number of hydrogen-bond acceptors (Lipinski definition) is 4. The first-order valence-corrected chi connectivity index (χ1v) is 8.70. The second-order valence-corrected chi connectivity index (χ2v) is 8.61. The molecule has 3 rings (SSSR count). The van der Waals surface area contributed by atoms with Gasteiger partial charge in [0.25, 0.3) is 5.91 Å². The molecule has 1 aliphatic heterocycles. The van der Waals surface area contributed by atoms with Gasteiger partial charge in [-0.3, -0.25) is 9.59 Å². The number of likely N-dealkylation sites (tertiary alicyclic amines) is 1. The Morgan fingerprint density at radius 2 is 2.00 bits per heavy atom. The van der Waals surface area contributed by atoms with Crippen LogP contribution in [0.4, 0.5) is 0 Å². The monoisotopic (exact) mass is 333 g/mol. The first-order valence-electron chi connectivity index (χ1n) is 8.70. The molecule has 0 spiro atoms. The summed E-state index contributed by atoms with van der Waals surface area (Å²) in [6.07, 6.45) is 2.79. The van der Waals surface area contributed by atoms with Gasteiger partial charge in [0.15, 0.2) is 11.5 Å². The van der Waals surface area contributed by atoms with Crippen LogP contribution >= 0.6 is 0 Å². The van der Waals surface area contributed by atoms with E-state index in [-0.39, 0.29) is 28.9 Å². The molecule has 0 radical (unpaired) electrons. The van der Waals surface area contributed by atoms with E-state index in [4.69, 9.17) is 4.42 Å². The lowest BCUT2D eigenvalue weighted by Crippen LogP contribution is -2.48. The van der Waals surface area contributed by atoms with Crippen LogP contribution in [0.3, 0.4) is 0 Å². The van der Waals surface area contributed by atoms with Crippen molar-refractivity contribution in [2.75, 3.05) is 6.54 Å². The summed E-state index contributed by atoms with van der Waals surface area (Å²) < 4.78 is 5.88. The van der Waals surface area contributed by atoms with E-state index in [9.17, 15) is 14.7 Å². The summed E-state index contributed by atoms with van der Waals surface area (Å²) in [4.78, 5) is 27.2. The van der Waals surface area contributed by atoms with Gasteiger partial charge in [-0.15, -0.1) is 0 Å². The number of aliphatic hydroxyl groups is 1. The van der Waals surface area contributed by atoms with Gasteiger partial charge in [0.1, 0.15) is 5.76 Å². The van der Waals surface area contributed by atoms with E-state index in [1.54, 1.807) is 25.7 Å². The Hall–Kier alpha value is -1.62. The van der Waals surface area contributed by atoms with E-state index in [0.717, 1.165) is 12.8 Å². The lowest BCUT2D eigenvalue weighted by Gasteiger charge is -2.33. The highest BCUT2D eigenvalue weighted by Gasteiger charge is 2.42. The molecule has 1 aromatic heterocycles. The van der Waals surface area contributed by atoms with Crippen LogP contribution < -0.4 is 0 Å². The minimum absolute atomic E-state index is 0.0574. The highest BCUT2D eigenvalue weighted by molar-refractivity contribution is 6.03. The van der Waals surface area contributed by atoms with E-state index in [1.807, 2.05) is 13.8 Å². The Bertz CT molecular complexity index is 693. The number of rotatable bonds is 2. The van der Waals surface area contributed by atoms with Gasteiger partial charge in [0.05, 0.1) is 17.2 Å². The molecule has 5 nitrogen and oxygen atoms in total. The summed E-state index contributed by atoms with van der Waals surface area (Å²) in [5.74, 6) is 0.748. The molecule has 2 heterocycles. The number of furan rings is 1. The number of nitrogens with zero attached hydrogens (tertiary/aromatic N) is 1. The van der Waals surface area contributed by atoms with Crippen molar-refractivity contribution in [2.45, 2.75) is 71.9 Å². The van der Waals surface area contributed by atoms with Crippen LogP contribution in [-0.4, -0.2) is 39.9 Å². The second kappa shape index (κ2) is 5.45. The minimum atomic E-state index is -0.954. The summed E-state index contributed by atoms with van der Waals surface area (Å²) >= 11 is 0.